The predicted octanol–water partition coefficient (Wildman–Crippen LogP) is 4.18. The van der Waals surface area contributed by atoms with Crippen molar-refractivity contribution in [3.05, 3.63) is 104 Å². The third-order valence-corrected chi connectivity index (χ3v) is 4.58. The van der Waals surface area contributed by atoms with E-state index in [2.05, 4.69) is 19.2 Å². The molecule has 0 bridgehead atoms. The molecule has 3 rings (SSSR count). The molecule has 3 aromatic rings. The second-order valence-electron chi connectivity index (χ2n) is 7.04. The summed E-state index contributed by atoms with van der Waals surface area (Å²) >= 11 is 0. The zero-order valence-corrected chi connectivity index (χ0v) is 16.2. The molecule has 0 radical (unpaired) electrons. The van der Waals surface area contributed by atoms with E-state index in [0.29, 0.717) is 17.2 Å². The van der Waals surface area contributed by atoms with E-state index < -0.39 is 4.92 Å². The lowest BCUT2D eigenvalue weighted by atomic mass is 10.0. The summed E-state index contributed by atoms with van der Waals surface area (Å²) in [4.78, 5) is 35.0. The first kappa shape index (κ1) is 20.0. The Morgan fingerprint density at radius 2 is 1.69 bits per heavy atom. The van der Waals surface area contributed by atoms with Crippen LogP contribution in [0.2, 0.25) is 0 Å². The van der Waals surface area contributed by atoms with Crippen molar-refractivity contribution in [2.45, 2.75) is 26.3 Å². The van der Waals surface area contributed by atoms with Crippen LogP contribution >= 0.6 is 0 Å². The number of hydrogen-bond acceptors (Lipinski definition) is 4. The Kier molecular flexibility index (Phi) is 5.87. The minimum absolute atomic E-state index is 0.0160. The van der Waals surface area contributed by atoms with Crippen molar-refractivity contribution in [2.75, 3.05) is 5.32 Å². The van der Waals surface area contributed by atoms with Crippen molar-refractivity contribution >= 4 is 17.3 Å². The van der Waals surface area contributed by atoms with Gasteiger partial charge in [0.25, 0.3) is 17.2 Å². The van der Waals surface area contributed by atoms with E-state index in [1.807, 2.05) is 24.3 Å². The van der Waals surface area contributed by atoms with Crippen molar-refractivity contribution in [1.29, 1.82) is 0 Å². The highest BCUT2D eigenvalue weighted by atomic mass is 16.6. The van der Waals surface area contributed by atoms with Crippen LogP contribution in [0.1, 0.15) is 41.3 Å². The second kappa shape index (κ2) is 8.52. The first-order valence-corrected chi connectivity index (χ1v) is 9.18. The minimum atomic E-state index is -0.478. The molecule has 0 atom stereocenters. The van der Waals surface area contributed by atoms with Crippen LogP contribution < -0.4 is 10.9 Å². The number of anilines is 1. The van der Waals surface area contributed by atoms with Crippen LogP contribution in [-0.4, -0.2) is 15.4 Å². The Morgan fingerprint density at radius 1 is 1.03 bits per heavy atom. The highest BCUT2D eigenvalue weighted by Crippen LogP contribution is 2.18. The zero-order chi connectivity index (χ0) is 21.0. The molecule has 0 spiro atoms. The summed E-state index contributed by atoms with van der Waals surface area (Å²) < 4.78 is 1.40. The fraction of sp³-hybridized carbons (Fsp3) is 0.182. The first-order valence-electron chi connectivity index (χ1n) is 9.18. The van der Waals surface area contributed by atoms with Gasteiger partial charge < -0.3 is 9.88 Å². The van der Waals surface area contributed by atoms with Gasteiger partial charge in [0, 0.05) is 30.1 Å². The SMILES string of the molecule is CC(C)c1ccc(NC(=O)c2ccc(=O)n(Cc3ccc([N+](=O)[O-])cc3)c2)cc1. The van der Waals surface area contributed by atoms with E-state index >= 15 is 0 Å². The number of amides is 1. The Labute approximate surface area is 167 Å². The summed E-state index contributed by atoms with van der Waals surface area (Å²) in [7, 11) is 0. The topological polar surface area (TPSA) is 94.2 Å². The van der Waals surface area contributed by atoms with Crippen LogP contribution in [0.3, 0.4) is 0 Å². The largest absolute Gasteiger partial charge is 0.322 e. The molecule has 2 aromatic carbocycles. The lowest BCUT2D eigenvalue weighted by Crippen LogP contribution is -2.22. The number of pyridine rings is 1. The monoisotopic (exact) mass is 391 g/mol. The van der Waals surface area contributed by atoms with Crippen LogP contribution in [0.4, 0.5) is 11.4 Å². The highest BCUT2D eigenvalue weighted by Gasteiger charge is 2.10. The third kappa shape index (κ3) is 4.95. The Balaban J connectivity index is 1.76. The van der Waals surface area contributed by atoms with Crippen molar-refractivity contribution < 1.29 is 9.72 Å². The quantitative estimate of drug-likeness (QED) is 0.504. The number of nitrogens with one attached hydrogen (secondary N) is 1. The molecule has 0 unspecified atom stereocenters. The van der Waals surface area contributed by atoms with E-state index in [9.17, 15) is 19.7 Å². The molecule has 0 fully saturated rings. The van der Waals surface area contributed by atoms with Gasteiger partial charge in [-0.3, -0.25) is 19.7 Å². The van der Waals surface area contributed by atoms with Gasteiger partial charge in [0.2, 0.25) is 0 Å². The number of aromatic nitrogens is 1. The summed E-state index contributed by atoms with van der Waals surface area (Å²) in [6.07, 6.45) is 1.49. The van der Waals surface area contributed by atoms with Crippen molar-refractivity contribution in [1.82, 2.24) is 4.57 Å². The number of nitro benzene ring substituents is 1. The first-order chi connectivity index (χ1) is 13.8. The lowest BCUT2D eigenvalue weighted by molar-refractivity contribution is -0.384. The molecule has 1 heterocycles. The molecule has 0 aliphatic heterocycles. The van der Waals surface area contributed by atoms with E-state index in [4.69, 9.17) is 0 Å². The molecule has 0 saturated heterocycles. The van der Waals surface area contributed by atoms with Crippen molar-refractivity contribution in [3.8, 4) is 0 Å². The van der Waals surface area contributed by atoms with Gasteiger partial charge in [-0.25, -0.2) is 0 Å². The molecule has 0 aliphatic carbocycles. The molecule has 1 aromatic heterocycles. The van der Waals surface area contributed by atoms with Crippen LogP contribution in [-0.2, 0) is 6.54 Å². The van der Waals surface area contributed by atoms with Crippen LogP contribution in [0.15, 0.2) is 71.7 Å². The van der Waals surface area contributed by atoms with E-state index in [-0.39, 0.29) is 23.7 Å². The number of nitrogens with zero attached hydrogens (tertiary/aromatic N) is 2. The number of benzene rings is 2. The number of rotatable bonds is 6. The number of nitro groups is 1. The molecule has 148 valence electrons. The standard InChI is InChI=1S/C22H21N3O4/c1-15(2)17-5-8-19(9-6-17)23-22(27)18-7-12-21(26)24(14-18)13-16-3-10-20(11-4-16)25(28)29/h3-12,14-15H,13H2,1-2H3,(H,23,27). The summed E-state index contributed by atoms with van der Waals surface area (Å²) in [6, 6.07) is 16.4. The van der Waals surface area contributed by atoms with Gasteiger partial charge in [-0.15, -0.1) is 0 Å². The van der Waals surface area contributed by atoms with Gasteiger partial charge in [0.1, 0.15) is 0 Å². The summed E-state index contributed by atoms with van der Waals surface area (Å²) in [6.45, 7) is 4.41. The maximum absolute atomic E-state index is 12.6. The fourth-order valence-corrected chi connectivity index (χ4v) is 2.86. The average Bonchev–Trinajstić information content (AvgIpc) is 2.70. The Hall–Kier alpha value is -3.74. The number of non-ortho nitro benzene ring substituents is 1. The summed E-state index contributed by atoms with van der Waals surface area (Å²) in [5.74, 6) is 0.0856. The molecule has 1 amide bonds. The van der Waals surface area contributed by atoms with E-state index in [1.54, 1.807) is 12.1 Å². The lowest BCUT2D eigenvalue weighted by Gasteiger charge is -2.10. The van der Waals surface area contributed by atoms with Crippen LogP contribution in [0.25, 0.3) is 0 Å². The molecule has 29 heavy (non-hydrogen) atoms. The van der Waals surface area contributed by atoms with Crippen molar-refractivity contribution in [3.63, 3.8) is 0 Å². The summed E-state index contributed by atoms with van der Waals surface area (Å²) in [5, 5.41) is 13.6. The molecule has 0 aliphatic rings. The molecule has 7 nitrogen and oxygen atoms in total. The predicted molar refractivity (Wildman–Crippen MR) is 111 cm³/mol. The van der Waals surface area contributed by atoms with Crippen LogP contribution in [0, 0.1) is 10.1 Å². The average molecular weight is 391 g/mol. The number of carbonyl (C=O) groups excluding carboxylic acids is 1. The second-order valence-corrected chi connectivity index (χ2v) is 7.04. The van der Waals surface area contributed by atoms with Gasteiger partial charge in [0.05, 0.1) is 17.0 Å². The maximum Gasteiger partial charge on any atom is 0.269 e. The molecule has 0 saturated carbocycles. The zero-order valence-electron chi connectivity index (χ0n) is 16.2. The van der Waals surface area contributed by atoms with Gasteiger partial charge in [-0.2, -0.15) is 0 Å². The molecular weight excluding hydrogens is 370 g/mol. The number of carbonyl (C=O) groups is 1. The Morgan fingerprint density at radius 3 is 2.28 bits per heavy atom. The van der Waals surface area contributed by atoms with E-state index in [0.717, 1.165) is 5.56 Å². The smallest absolute Gasteiger partial charge is 0.269 e. The molecule has 7 heteroatoms. The molecular formula is C22H21N3O4. The highest BCUT2D eigenvalue weighted by molar-refractivity contribution is 6.04. The fourth-order valence-electron chi connectivity index (χ4n) is 2.86. The van der Waals surface area contributed by atoms with Gasteiger partial charge in [-0.1, -0.05) is 38.1 Å². The third-order valence-electron chi connectivity index (χ3n) is 4.58. The van der Waals surface area contributed by atoms with Gasteiger partial charge >= 0.3 is 0 Å². The maximum atomic E-state index is 12.6. The molecule has 1 N–H and O–H groups in total. The van der Waals surface area contributed by atoms with Crippen molar-refractivity contribution in [2.24, 2.45) is 0 Å². The normalized spacial score (nSPS) is 10.7. The minimum Gasteiger partial charge on any atom is -0.322 e. The van der Waals surface area contributed by atoms with Gasteiger partial charge in [-0.05, 0) is 35.2 Å². The summed E-state index contributed by atoms with van der Waals surface area (Å²) in [5.41, 5.74) is 2.64. The van der Waals surface area contributed by atoms with E-state index in [1.165, 1.54) is 40.6 Å². The van der Waals surface area contributed by atoms with Crippen LogP contribution in [0.5, 0.6) is 0 Å². The Bertz CT molecular complexity index is 1080. The van der Waals surface area contributed by atoms with Gasteiger partial charge in [0.15, 0.2) is 0 Å². The number of hydrogen-bond donors (Lipinski definition) is 1.